The molecular formula is C13H13BrFN3. The summed E-state index contributed by atoms with van der Waals surface area (Å²) in [5.41, 5.74) is 1.55. The lowest BCUT2D eigenvalue weighted by Gasteiger charge is -2.06. The normalized spacial score (nSPS) is 10.6. The SMILES string of the molecule is CCNCc1ccnc(-c2cc(F)ccc2Br)n1. The van der Waals surface area contributed by atoms with Gasteiger partial charge in [-0.3, -0.25) is 0 Å². The van der Waals surface area contributed by atoms with Crippen molar-refractivity contribution < 1.29 is 4.39 Å². The van der Waals surface area contributed by atoms with Gasteiger partial charge in [0.2, 0.25) is 0 Å². The highest BCUT2D eigenvalue weighted by atomic mass is 79.9. The van der Waals surface area contributed by atoms with Crippen molar-refractivity contribution in [2.24, 2.45) is 0 Å². The highest BCUT2D eigenvalue weighted by Crippen LogP contribution is 2.26. The molecule has 2 rings (SSSR count). The van der Waals surface area contributed by atoms with Gasteiger partial charge in [0.1, 0.15) is 5.82 Å². The van der Waals surface area contributed by atoms with E-state index in [4.69, 9.17) is 0 Å². The van der Waals surface area contributed by atoms with Crippen LogP contribution in [0.25, 0.3) is 11.4 Å². The first-order chi connectivity index (χ1) is 8.70. The molecular weight excluding hydrogens is 297 g/mol. The first kappa shape index (κ1) is 13.1. The molecule has 0 atom stereocenters. The minimum absolute atomic E-state index is 0.297. The van der Waals surface area contributed by atoms with Gasteiger partial charge in [0.15, 0.2) is 5.82 Å². The van der Waals surface area contributed by atoms with Crippen molar-refractivity contribution in [2.45, 2.75) is 13.5 Å². The lowest BCUT2D eigenvalue weighted by Crippen LogP contribution is -2.13. The van der Waals surface area contributed by atoms with Crippen LogP contribution in [0.3, 0.4) is 0 Å². The van der Waals surface area contributed by atoms with Crippen molar-refractivity contribution in [1.29, 1.82) is 0 Å². The molecule has 1 aromatic carbocycles. The van der Waals surface area contributed by atoms with Crippen LogP contribution in [-0.2, 0) is 6.54 Å². The number of hydrogen-bond donors (Lipinski definition) is 1. The molecule has 1 aromatic heterocycles. The van der Waals surface area contributed by atoms with E-state index in [1.807, 2.05) is 13.0 Å². The molecule has 18 heavy (non-hydrogen) atoms. The van der Waals surface area contributed by atoms with Crippen LogP contribution in [0.5, 0.6) is 0 Å². The maximum absolute atomic E-state index is 13.2. The second-order valence-corrected chi connectivity index (χ2v) is 4.63. The fourth-order valence-electron chi connectivity index (χ4n) is 1.55. The van der Waals surface area contributed by atoms with Gasteiger partial charge in [0, 0.05) is 22.8 Å². The molecule has 0 radical (unpaired) electrons. The molecule has 1 heterocycles. The number of nitrogens with zero attached hydrogens (tertiary/aromatic N) is 2. The maximum atomic E-state index is 13.2. The summed E-state index contributed by atoms with van der Waals surface area (Å²) in [7, 11) is 0. The minimum atomic E-state index is -0.297. The topological polar surface area (TPSA) is 37.8 Å². The van der Waals surface area contributed by atoms with Crippen molar-refractivity contribution in [3.05, 3.63) is 46.4 Å². The molecule has 0 unspecified atom stereocenters. The van der Waals surface area contributed by atoms with Gasteiger partial charge < -0.3 is 5.32 Å². The van der Waals surface area contributed by atoms with Gasteiger partial charge in [-0.15, -0.1) is 0 Å². The van der Waals surface area contributed by atoms with Gasteiger partial charge in [-0.1, -0.05) is 22.9 Å². The molecule has 1 N–H and O–H groups in total. The van der Waals surface area contributed by atoms with Crippen LogP contribution < -0.4 is 5.32 Å². The number of rotatable bonds is 4. The van der Waals surface area contributed by atoms with Crippen LogP contribution in [0.2, 0.25) is 0 Å². The van der Waals surface area contributed by atoms with Crippen molar-refractivity contribution in [3.8, 4) is 11.4 Å². The summed E-state index contributed by atoms with van der Waals surface area (Å²) in [4.78, 5) is 8.60. The standard InChI is InChI=1S/C13H13BrFN3/c1-2-16-8-10-5-6-17-13(18-10)11-7-9(15)3-4-12(11)14/h3-7,16H,2,8H2,1H3. The molecule has 0 fully saturated rings. The molecule has 94 valence electrons. The Kier molecular flexibility index (Phi) is 4.38. The lowest BCUT2D eigenvalue weighted by atomic mass is 10.2. The summed E-state index contributed by atoms with van der Waals surface area (Å²) in [5, 5.41) is 3.19. The number of aromatic nitrogens is 2. The Hall–Kier alpha value is -1.33. The van der Waals surface area contributed by atoms with E-state index in [0.29, 0.717) is 17.9 Å². The van der Waals surface area contributed by atoms with Crippen LogP contribution in [0.15, 0.2) is 34.9 Å². The number of hydrogen-bond acceptors (Lipinski definition) is 3. The summed E-state index contributed by atoms with van der Waals surface area (Å²) >= 11 is 3.38. The third kappa shape index (κ3) is 3.11. The van der Waals surface area contributed by atoms with Crippen LogP contribution >= 0.6 is 15.9 Å². The van der Waals surface area contributed by atoms with Crippen LogP contribution in [0, 0.1) is 5.82 Å². The van der Waals surface area contributed by atoms with E-state index >= 15 is 0 Å². The van der Waals surface area contributed by atoms with Crippen molar-refractivity contribution >= 4 is 15.9 Å². The van der Waals surface area contributed by atoms with E-state index in [2.05, 4.69) is 31.2 Å². The smallest absolute Gasteiger partial charge is 0.160 e. The van der Waals surface area contributed by atoms with E-state index < -0.39 is 0 Å². The lowest BCUT2D eigenvalue weighted by molar-refractivity contribution is 0.628. The highest BCUT2D eigenvalue weighted by Gasteiger charge is 2.08. The van der Waals surface area contributed by atoms with Crippen LogP contribution in [-0.4, -0.2) is 16.5 Å². The van der Waals surface area contributed by atoms with Gasteiger partial charge in [-0.2, -0.15) is 0 Å². The van der Waals surface area contributed by atoms with Crippen molar-refractivity contribution in [2.75, 3.05) is 6.54 Å². The van der Waals surface area contributed by atoms with Crippen LogP contribution in [0.4, 0.5) is 4.39 Å². The largest absolute Gasteiger partial charge is 0.311 e. The predicted octanol–water partition coefficient (Wildman–Crippen LogP) is 3.15. The Labute approximate surface area is 114 Å². The van der Waals surface area contributed by atoms with E-state index in [1.165, 1.54) is 12.1 Å². The molecule has 0 amide bonds. The highest BCUT2D eigenvalue weighted by molar-refractivity contribution is 9.10. The third-order valence-corrected chi connectivity index (χ3v) is 3.13. The van der Waals surface area contributed by atoms with E-state index in [0.717, 1.165) is 16.7 Å². The van der Waals surface area contributed by atoms with E-state index in [1.54, 1.807) is 12.3 Å². The second-order valence-electron chi connectivity index (χ2n) is 3.78. The quantitative estimate of drug-likeness (QED) is 0.942. The van der Waals surface area contributed by atoms with Crippen LogP contribution in [0.1, 0.15) is 12.6 Å². The molecule has 0 saturated carbocycles. The zero-order chi connectivity index (χ0) is 13.0. The minimum Gasteiger partial charge on any atom is -0.311 e. The zero-order valence-electron chi connectivity index (χ0n) is 9.95. The molecule has 0 spiro atoms. The first-order valence-electron chi connectivity index (χ1n) is 5.68. The third-order valence-electron chi connectivity index (χ3n) is 2.44. The summed E-state index contributed by atoms with van der Waals surface area (Å²) < 4.78 is 14.0. The molecule has 0 aliphatic heterocycles. The number of benzene rings is 1. The van der Waals surface area contributed by atoms with Gasteiger partial charge in [-0.05, 0) is 30.8 Å². The van der Waals surface area contributed by atoms with Gasteiger partial charge in [0.05, 0.1) is 5.69 Å². The summed E-state index contributed by atoms with van der Waals surface area (Å²) in [6, 6.07) is 6.33. The molecule has 2 aromatic rings. The number of nitrogens with one attached hydrogen (secondary N) is 1. The summed E-state index contributed by atoms with van der Waals surface area (Å²) in [5.74, 6) is 0.227. The Morgan fingerprint density at radius 2 is 2.17 bits per heavy atom. The molecule has 0 saturated heterocycles. The Bertz CT molecular complexity index is 546. The predicted molar refractivity (Wildman–Crippen MR) is 72.5 cm³/mol. The monoisotopic (exact) mass is 309 g/mol. The van der Waals surface area contributed by atoms with Crippen molar-refractivity contribution in [3.63, 3.8) is 0 Å². The molecule has 0 bridgehead atoms. The first-order valence-corrected chi connectivity index (χ1v) is 6.48. The Morgan fingerprint density at radius 3 is 2.94 bits per heavy atom. The summed E-state index contributed by atoms with van der Waals surface area (Å²) in [6.07, 6.45) is 1.69. The molecule has 0 aliphatic rings. The molecule has 3 nitrogen and oxygen atoms in total. The second kappa shape index (κ2) is 6.02. The molecule has 0 aliphatic carbocycles. The summed E-state index contributed by atoms with van der Waals surface area (Å²) in [6.45, 7) is 3.59. The Morgan fingerprint density at radius 1 is 1.33 bits per heavy atom. The van der Waals surface area contributed by atoms with Gasteiger partial charge in [0.25, 0.3) is 0 Å². The molecule has 5 heteroatoms. The Balaban J connectivity index is 2.35. The van der Waals surface area contributed by atoms with E-state index in [-0.39, 0.29) is 5.82 Å². The average molecular weight is 310 g/mol. The average Bonchev–Trinajstić information content (AvgIpc) is 2.39. The van der Waals surface area contributed by atoms with Gasteiger partial charge in [-0.25, -0.2) is 14.4 Å². The van der Waals surface area contributed by atoms with E-state index in [9.17, 15) is 4.39 Å². The fraction of sp³-hybridized carbons (Fsp3) is 0.231. The van der Waals surface area contributed by atoms with Gasteiger partial charge >= 0.3 is 0 Å². The number of halogens is 2. The zero-order valence-corrected chi connectivity index (χ0v) is 11.5. The van der Waals surface area contributed by atoms with Crippen molar-refractivity contribution in [1.82, 2.24) is 15.3 Å². The fourth-order valence-corrected chi connectivity index (χ4v) is 1.97. The maximum Gasteiger partial charge on any atom is 0.160 e.